The molecule has 0 spiro atoms. The molecule has 0 bridgehead atoms. The van der Waals surface area contributed by atoms with Gasteiger partial charge in [-0.3, -0.25) is 14.9 Å². The molecule has 7 heteroatoms. The number of nitrogens with one attached hydrogen (secondary N) is 1. The lowest BCUT2D eigenvalue weighted by molar-refractivity contribution is -0.384. The van der Waals surface area contributed by atoms with Crippen LogP contribution in [-0.2, 0) is 4.74 Å². The van der Waals surface area contributed by atoms with Crippen LogP contribution in [0.2, 0.25) is 0 Å². The molecule has 0 aliphatic heterocycles. The van der Waals surface area contributed by atoms with Crippen LogP contribution in [0.25, 0.3) is 0 Å². The Morgan fingerprint density at radius 1 is 1.20 bits per heavy atom. The summed E-state index contributed by atoms with van der Waals surface area (Å²) < 4.78 is 4.86. The minimum atomic E-state index is -0.678. The fraction of sp³-hybridized carbons (Fsp3) is 0.556. The predicted octanol–water partition coefficient (Wildman–Crippen LogP) is 3.47. The molecule has 1 fully saturated rings. The maximum absolute atomic E-state index is 12.3. The van der Waals surface area contributed by atoms with Gasteiger partial charge in [0.05, 0.1) is 17.1 Å². The number of non-ortho nitro benzene ring substituents is 1. The van der Waals surface area contributed by atoms with Crippen LogP contribution >= 0.6 is 0 Å². The van der Waals surface area contributed by atoms with Gasteiger partial charge in [0, 0.05) is 24.2 Å². The first kappa shape index (κ1) is 18.9. The van der Waals surface area contributed by atoms with Gasteiger partial charge in [0.25, 0.3) is 11.6 Å². The van der Waals surface area contributed by atoms with E-state index in [1.165, 1.54) is 44.2 Å². The van der Waals surface area contributed by atoms with Crippen LogP contribution in [0.15, 0.2) is 18.2 Å². The Labute approximate surface area is 146 Å². The van der Waals surface area contributed by atoms with Crippen molar-refractivity contribution in [3.8, 4) is 0 Å². The van der Waals surface area contributed by atoms with E-state index in [0.717, 1.165) is 12.5 Å². The predicted molar refractivity (Wildman–Crippen MR) is 92.6 cm³/mol. The van der Waals surface area contributed by atoms with E-state index < -0.39 is 16.8 Å². The molecular weight excluding hydrogens is 324 g/mol. The number of benzene rings is 1. The number of hydrogen-bond donors (Lipinski definition) is 1. The van der Waals surface area contributed by atoms with E-state index >= 15 is 0 Å². The molecule has 1 N–H and O–H groups in total. The van der Waals surface area contributed by atoms with Crippen molar-refractivity contribution in [3.05, 3.63) is 39.4 Å². The molecule has 1 aliphatic rings. The summed E-state index contributed by atoms with van der Waals surface area (Å²) >= 11 is 0. The van der Waals surface area contributed by atoms with Gasteiger partial charge in [0.2, 0.25) is 0 Å². The summed E-state index contributed by atoms with van der Waals surface area (Å²) in [5, 5.41) is 13.8. The van der Waals surface area contributed by atoms with Crippen LogP contribution < -0.4 is 5.32 Å². The number of ether oxygens (including phenoxy) is 1. The van der Waals surface area contributed by atoms with Crippen LogP contribution in [0.3, 0.4) is 0 Å². The Kier molecular flexibility index (Phi) is 6.91. The van der Waals surface area contributed by atoms with Gasteiger partial charge in [-0.1, -0.05) is 32.1 Å². The number of carbonyl (C=O) groups is 2. The van der Waals surface area contributed by atoms with Crippen molar-refractivity contribution in [2.75, 3.05) is 13.2 Å². The molecule has 7 nitrogen and oxygen atoms in total. The molecule has 1 saturated carbocycles. The average Bonchev–Trinajstić information content (AvgIpc) is 2.62. The summed E-state index contributed by atoms with van der Waals surface area (Å²) in [6, 6.07) is 3.64. The molecule has 2 rings (SSSR count). The maximum Gasteiger partial charge on any atom is 0.338 e. The highest BCUT2D eigenvalue weighted by atomic mass is 16.6. The molecule has 1 amide bonds. The summed E-state index contributed by atoms with van der Waals surface area (Å²) in [6.45, 7) is 2.33. The largest absolute Gasteiger partial charge is 0.462 e. The monoisotopic (exact) mass is 348 g/mol. The number of nitrogens with zero attached hydrogens (tertiary/aromatic N) is 1. The normalized spacial score (nSPS) is 14.8. The molecule has 0 saturated heterocycles. The van der Waals surface area contributed by atoms with Gasteiger partial charge in [-0.05, 0) is 25.3 Å². The first-order valence-corrected chi connectivity index (χ1v) is 8.76. The molecule has 0 aromatic heterocycles. The third-order valence-corrected chi connectivity index (χ3v) is 4.46. The molecular formula is C18H24N2O5. The maximum atomic E-state index is 12.3. The van der Waals surface area contributed by atoms with E-state index in [9.17, 15) is 19.7 Å². The Morgan fingerprint density at radius 2 is 1.88 bits per heavy atom. The van der Waals surface area contributed by atoms with Gasteiger partial charge in [0.1, 0.15) is 0 Å². The zero-order valence-corrected chi connectivity index (χ0v) is 14.5. The Hall–Kier alpha value is -2.44. The second-order valence-corrected chi connectivity index (χ2v) is 6.29. The van der Waals surface area contributed by atoms with Crippen molar-refractivity contribution in [1.82, 2.24) is 5.32 Å². The number of amides is 1. The zero-order valence-electron chi connectivity index (χ0n) is 14.5. The lowest BCUT2D eigenvalue weighted by Gasteiger charge is -2.21. The molecule has 1 aromatic carbocycles. The van der Waals surface area contributed by atoms with Crippen LogP contribution in [0.1, 0.15) is 66.2 Å². The number of nitro groups is 1. The number of nitro benzene ring substituents is 1. The van der Waals surface area contributed by atoms with Crippen LogP contribution in [-0.4, -0.2) is 30.0 Å². The number of rotatable bonds is 7. The number of carbonyl (C=O) groups excluding carboxylic acids is 2. The van der Waals surface area contributed by atoms with Crippen molar-refractivity contribution in [3.63, 3.8) is 0 Å². The van der Waals surface area contributed by atoms with Crippen molar-refractivity contribution < 1.29 is 19.2 Å². The van der Waals surface area contributed by atoms with Gasteiger partial charge >= 0.3 is 5.97 Å². The van der Waals surface area contributed by atoms with E-state index in [1.54, 1.807) is 6.92 Å². The molecule has 0 radical (unpaired) electrons. The second kappa shape index (κ2) is 9.15. The standard InChI is InChI=1S/C18H24N2O5/c1-2-25-18(22)15-10-14(11-16(12-15)20(23)24)17(21)19-9-8-13-6-4-3-5-7-13/h10-13H,2-9H2,1H3,(H,19,21). The van der Waals surface area contributed by atoms with E-state index in [2.05, 4.69) is 5.32 Å². The zero-order chi connectivity index (χ0) is 18.2. The highest BCUT2D eigenvalue weighted by Crippen LogP contribution is 2.25. The highest BCUT2D eigenvalue weighted by Gasteiger charge is 2.19. The molecule has 0 unspecified atom stereocenters. The topological polar surface area (TPSA) is 98.5 Å². The van der Waals surface area contributed by atoms with Crippen LogP contribution in [0.4, 0.5) is 5.69 Å². The fourth-order valence-corrected chi connectivity index (χ4v) is 3.15. The molecule has 1 aliphatic carbocycles. The molecule has 1 aromatic rings. The van der Waals surface area contributed by atoms with Crippen molar-refractivity contribution in [1.29, 1.82) is 0 Å². The minimum absolute atomic E-state index is 0.00785. The average molecular weight is 348 g/mol. The van der Waals surface area contributed by atoms with E-state index in [0.29, 0.717) is 12.5 Å². The fourth-order valence-electron chi connectivity index (χ4n) is 3.15. The first-order chi connectivity index (χ1) is 12.0. The van der Waals surface area contributed by atoms with Crippen molar-refractivity contribution in [2.24, 2.45) is 5.92 Å². The summed E-state index contributed by atoms with van der Waals surface area (Å²) in [5.74, 6) is -0.457. The SMILES string of the molecule is CCOC(=O)c1cc(C(=O)NCCC2CCCCC2)cc([N+](=O)[O-])c1. The quantitative estimate of drug-likeness (QED) is 0.462. The molecule has 0 atom stereocenters. The lowest BCUT2D eigenvalue weighted by Crippen LogP contribution is -2.26. The first-order valence-electron chi connectivity index (χ1n) is 8.76. The Balaban J connectivity index is 2.03. The number of esters is 1. The molecule has 25 heavy (non-hydrogen) atoms. The van der Waals surface area contributed by atoms with Crippen LogP contribution in [0, 0.1) is 16.0 Å². The summed E-state index contributed by atoms with van der Waals surface area (Å²) in [7, 11) is 0. The van der Waals surface area contributed by atoms with Gasteiger partial charge < -0.3 is 10.1 Å². The van der Waals surface area contributed by atoms with E-state index in [4.69, 9.17) is 4.74 Å². The summed E-state index contributed by atoms with van der Waals surface area (Å²) in [6.07, 6.45) is 7.07. The molecule has 0 heterocycles. The number of hydrogen-bond acceptors (Lipinski definition) is 5. The molecule has 136 valence electrons. The van der Waals surface area contributed by atoms with Gasteiger partial charge in [0.15, 0.2) is 0 Å². The summed E-state index contributed by atoms with van der Waals surface area (Å²) in [4.78, 5) is 34.6. The van der Waals surface area contributed by atoms with Crippen molar-refractivity contribution in [2.45, 2.75) is 45.4 Å². The highest BCUT2D eigenvalue weighted by molar-refractivity contribution is 5.98. The Morgan fingerprint density at radius 3 is 2.52 bits per heavy atom. The van der Waals surface area contributed by atoms with E-state index in [1.807, 2.05) is 0 Å². The van der Waals surface area contributed by atoms with Crippen molar-refractivity contribution >= 4 is 17.6 Å². The van der Waals surface area contributed by atoms with Crippen LogP contribution in [0.5, 0.6) is 0 Å². The second-order valence-electron chi connectivity index (χ2n) is 6.29. The van der Waals surface area contributed by atoms with Gasteiger partial charge in [-0.25, -0.2) is 4.79 Å². The minimum Gasteiger partial charge on any atom is -0.462 e. The van der Waals surface area contributed by atoms with Gasteiger partial charge in [-0.2, -0.15) is 0 Å². The lowest BCUT2D eigenvalue weighted by atomic mass is 9.87. The van der Waals surface area contributed by atoms with E-state index in [-0.39, 0.29) is 23.4 Å². The smallest absolute Gasteiger partial charge is 0.338 e. The Bertz CT molecular complexity index is 638. The third kappa shape index (κ3) is 5.55. The third-order valence-electron chi connectivity index (χ3n) is 4.46. The van der Waals surface area contributed by atoms with Gasteiger partial charge in [-0.15, -0.1) is 0 Å². The summed E-state index contributed by atoms with van der Waals surface area (Å²) in [5.41, 5.74) is -0.197.